The number of amides is 1. The van der Waals surface area contributed by atoms with Crippen molar-refractivity contribution >= 4 is 16.9 Å². The molecule has 2 aliphatic rings. The SMILES string of the molecule is CCOC1OC(C(=O)NCC2CC2)=CC(c2coc3ccccc23)C1CCCO. The smallest absolute Gasteiger partial charge is 0.286 e. The van der Waals surface area contributed by atoms with Crippen LogP contribution in [0.2, 0.25) is 0 Å². The molecule has 0 bridgehead atoms. The first-order valence-electron chi connectivity index (χ1n) is 10.6. The third-order valence-electron chi connectivity index (χ3n) is 5.75. The lowest BCUT2D eigenvalue weighted by Crippen LogP contribution is -2.39. The van der Waals surface area contributed by atoms with Crippen LogP contribution in [0.1, 0.15) is 44.1 Å². The average Bonchev–Trinajstić information content (AvgIpc) is 3.48. The second-order valence-corrected chi connectivity index (χ2v) is 7.87. The molecule has 2 N–H and O–H groups in total. The molecule has 2 heterocycles. The van der Waals surface area contributed by atoms with Crippen molar-refractivity contribution in [3.63, 3.8) is 0 Å². The fourth-order valence-corrected chi connectivity index (χ4v) is 4.02. The first kappa shape index (κ1) is 20.0. The van der Waals surface area contributed by atoms with Crippen LogP contribution in [0.25, 0.3) is 11.0 Å². The molecule has 6 heteroatoms. The summed E-state index contributed by atoms with van der Waals surface area (Å²) in [6.07, 6.45) is 6.84. The quantitative estimate of drug-likeness (QED) is 0.672. The summed E-state index contributed by atoms with van der Waals surface area (Å²) < 4.78 is 17.7. The molecule has 3 unspecified atom stereocenters. The maximum atomic E-state index is 12.8. The normalized spacial score (nSPS) is 24.2. The standard InChI is InChI=1S/C23H29NO5/c1-2-27-23-17(7-5-11-25)18(19-14-28-20-8-4-3-6-16(19)20)12-21(29-23)22(26)24-13-15-9-10-15/h3-4,6,8,12,14-15,17-18,23,25H,2,5,7,9-11,13H2,1H3,(H,24,26). The zero-order valence-electron chi connectivity index (χ0n) is 16.8. The fourth-order valence-electron chi connectivity index (χ4n) is 4.02. The molecule has 1 saturated carbocycles. The Morgan fingerprint density at radius 1 is 1.31 bits per heavy atom. The molecule has 1 fully saturated rings. The number of ether oxygens (including phenoxy) is 2. The molecule has 1 aromatic heterocycles. The van der Waals surface area contributed by atoms with E-state index in [4.69, 9.17) is 13.9 Å². The first-order valence-corrected chi connectivity index (χ1v) is 10.6. The van der Waals surface area contributed by atoms with Gasteiger partial charge < -0.3 is 24.3 Å². The number of hydrogen-bond acceptors (Lipinski definition) is 5. The minimum absolute atomic E-state index is 0.0249. The second-order valence-electron chi connectivity index (χ2n) is 7.87. The Hall–Kier alpha value is -2.31. The van der Waals surface area contributed by atoms with Gasteiger partial charge in [0.1, 0.15) is 5.58 Å². The van der Waals surface area contributed by atoms with E-state index in [1.807, 2.05) is 37.3 Å². The number of para-hydroxylation sites is 1. The number of allylic oxidation sites excluding steroid dienone is 1. The second kappa shape index (κ2) is 9.01. The van der Waals surface area contributed by atoms with Crippen LogP contribution in [-0.4, -0.2) is 37.1 Å². The van der Waals surface area contributed by atoms with Gasteiger partial charge in [-0.2, -0.15) is 0 Å². The summed E-state index contributed by atoms with van der Waals surface area (Å²) in [6.45, 7) is 3.19. The minimum atomic E-state index is -0.545. The molecule has 3 atom stereocenters. The summed E-state index contributed by atoms with van der Waals surface area (Å²) in [5, 5.41) is 13.4. The third kappa shape index (κ3) is 4.49. The van der Waals surface area contributed by atoms with E-state index in [-0.39, 0.29) is 24.3 Å². The van der Waals surface area contributed by atoms with Crippen LogP contribution >= 0.6 is 0 Å². The Balaban J connectivity index is 1.68. The van der Waals surface area contributed by atoms with Gasteiger partial charge in [-0.05, 0) is 50.7 Å². The molecule has 0 radical (unpaired) electrons. The number of furan rings is 1. The summed E-state index contributed by atoms with van der Waals surface area (Å²) in [4.78, 5) is 12.8. The molecule has 1 aliphatic carbocycles. The number of rotatable bonds is 9. The zero-order chi connectivity index (χ0) is 20.2. The first-order chi connectivity index (χ1) is 14.2. The monoisotopic (exact) mass is 399 g/mol. The highest BCUT2D eigenvalue weighted by Crippen LogP contribution is 2.42. The average molecular weight is 399 g/mol. The third-order valence-corrected chi connectivity index (χ3v) is 5.75. The highest BCUT2D eigenvalue weighted by Gasteiger charge is 2.39. The van der Waals surface area contributed by atoms with Gasteiger partial charge in [-0.1, -0.05) is 18.2 Å². The summed E-state index contributed by atoms with van der Waals surface area (Å²) in [7, 11) is 0. The molecule has 4 rings (SSSR count). The number of nitrogens with one attached hydrogen (secondary N) is 1. The van der Waals surface area contributed by atoms with E-state index in [9.17, 15) is 9.90 Å². The Labute approximate surface area is 170 Å². The Morgan fingerprint density at radius 2 is 2.14 bits per heavy atom. The van der Waals surface area contributed by atoms with Gasteiger partial charge >= 0.3 is 0 Å². The van der Waals surface area contributed by atoms with Gasteiger partial charge in [0, 0.05) is 42.5 Å². The maximum Gasteiger partial charge on any atom is 0.286 e. The van der Waals surface area contributed by atoms with Crippen molar-refractivity contribution in [3.05, 3.63) is 47.9 Å². The molecule has 0 saturated heterocycles. The number of benzene rings is 1. The summed E-state index contributed by atoms with van der Waals surface area (Å²) in [5.74, 6) is 0.580. The number of carbonyl (C=O) groups excluding carboxylic acids is 1. The minimum Gasteiger partial charge on any atom is -0.464 e. The van der Waals surface area contributed by atoms with Crippen molar-refractivity contribution in [1.29, 1.82) is 0 Å². The topological polar surface area (TPSA) is 80.9 Å². The van der Waals surface area contributed by atoms with Crippen molar-refractivity contribution in [2.24, 2.45) is 11.8 Å². The molecule has 1 amide bonds. The number of carbonyl (C=O) groups is 1. The van der Waals surface area contributed by atoms with E-state index in [1.54, 1.807) is 6.26 Å². The van der Waals surface area contributed by atoms with Crippen molar-refractivity contribution < 1.29 is 23.8 Å². The van der Waals surface area contributed by atoms with Gasteiger partial charge in [-0.25, -0.2) is 0 Å². The Morgan fingerprint density at radius 3 is 2.90 bits per heavy atom. The summed E-state index contributed by atoms with van der Waals surface area (Å²) in [5.41, 5.74) is 1.83. The Kier molecular flexibility index (Phi) is 6.21. The molecule has 0 spiro atoms. The van der Waals surface area contributed by atoms with Gasteiger partial charge in [0.15, 0.2) is 5.76 Å². The van der Waals surface area contributed by atoms with E-state index in [0.717, 1.165) is 23.0 Å². The predicted molar refractivity (Wildman–Crippen MR) is 109 cm³/mol. The van der Waals surface area contributed by atoms with Crippen LogP contribution in [0.5, 0.6) is 0 Å². The van der Waals surface area contributed by atoms with Crippen LogP contribution in [-0.2, 0) is 14.3 Å². The summed E-state index contributed by atoms with van der Waals surface area (Å²) in [6, 6.07) is 7.89. The number of hydrogen-bond donors (Lipinski definition) is 2. The Bertz CT molecular complexity index is 869. The van der Waals surface area contributed by atoms with Crippen molar-refractivity contribution in [2.45, 2.75) is 44.8 Å². The van der Waals surface area contributed by atoms with Gasteiger partial charge in [0.05, 0.1) is 6.26 Å². The van der Waals surface area contributed by atoms with Crippen molar-refractivity contribution in [2.75, 3.05) is 19.8 Å². The van der Waals surface area contributed by atoms with Crippen molar-refractivity contribution in [3.8, 4) is 0 Å². The van der Waals surface area contributed by atoms with Crippen LogP contribution in [0, 0.1) is 11.8 Å². The largest absolute Gasteiger partial charge is 0.464 e. The predicted octanol–water partition coefficient (Wildman–Crippen LogP) is 3.71. The maximum absolute atomic E-state index is 12.8. The van der Waals surface area contributed by atoms with Gasteiger partial charge in [-0.15, -0.1) is 0 Å². The molecule has 156 valence electrons. The van der Waals surface area contributed by atoms with Crippen LogP contribution in [0.3, 0.4) is 0 Å². The number of aliphatic hydroxyl groups excluding tert-OH is 1. The van der Waals surface area contributed by atoms with Gasteiger partial charge in [-0.3, -0.25) is 4.79 Å². The number of fused-ring (bicyclic) bond motifs is 1. The van der Waals surface area contributed by atoms with E-state index in [0.29, 0.717) is 31.2 Å². The van der Waals surface area contributed by atoms with Crippen LogP contribution in [0.15, 0.2) is 46.8 Å². The van der Waals surface area contributed by atoms with E-state index in [1.165, 1.54) is 12.8 Å². The molecule has 29 heavy (non-hydrogen) atoms. The van der Waals surface area contributed by atoms with E-state index < -0.39 is 6.29 Å². The lowest BCUT2D eigenvalue weighted by molar-refractivity contribution is -0.166. The molecule has 1 aromatic carbocycles. The van der Waals surface area contributed by atoms with E-state index in [2.05, 4.69) is 5.32 Å². The lowest BCUT2D eigenvalue weighted by atomic mass is 9.80. The van der Waals surface area contributed by atoms with Crippen LogP contribution in [0.4, 0.5) is 0 Å². The van der Waals surface area contributed by atoms with Crippen LogP contribution < -0.4 is 5.32 Å². The lowest BCUT2D eigenvalue weighted by Gasteiger charge is -2.36. The highest BCUT2D eigenvalue weighted by molar-refractivity contribution is 5.92. The molecular formula is C23H29NO5. The fraction of sp³-hybridized carbons (Fsp3) is 0.522. The molecule has 6 nitrogen and oxygen atoms in total. The van der Waals surface area contributed by atoms with Crippen molar-refractivity contribution in [1.82, 2.24) is 5.32 Å². The van der Waals surface area contributed by atoms with Gasteiger partial charge in [0.25, 0.3) is 5.91 Å². The van der Waals surface area contributed by atoms with E-state index >= 15 is 0 Å². The molecular weight excluding hydrogens is 370 g/mol. The highest BCUT2D eigenvalue weighted by atomic mass is 16.7. The summed E-state index contributed by atoms with van der Waals surface area (Å²) >= 11 is 0. The number of aliphatic hydroxyl groups is 1. The zero-order valence-corrected chi connectivity index (χ0v) is 16.8. The molecule has 1 aliphatic heterocycles. The van der Waals surface area contributed by atoms with Gasteiger partial charge in [0.2, 0.25) is 6.29 Å². The molecule has 2 aromatic rings.